The van der Waals surface area contributed by atoms with E-state index in [4.69, 9.17) is 0 Å². The van der Waals surface area contributed by atoms with Crippen molar-refractivity contribution < 1.29 is 0 Å². The molecule has 0 aliphatic heterocycles. The van der Waals surface area contributed by atoms with E-state index >= 15 is 0 Å². The van der Waals surface area contributed by atoms with Crippen molar-refractivity contribution in [1.82, 2.24) is 19.9 Å². The van der Waals surface area contributed by atoms with E-state index in [9.17, 15) is 0 Å². The van der Waals surface area contributed by atoms with Gasteiger partial charge in [-0.25, -0.2) is 9.97 Å². The fraction of sp³-hybridized carbons (Fsp3) is 0.222. The van der Waals surface area contributed by atoms with Crippen LogP contribution in [0.5, 0.6) is 0 Å². The zero-order valence-electron chi connectivity index (χ0n) is 13.5. The van der Waals surface area contributed by atoms with Gasteiger partial charge < -0.3 is 5.32 Å². The fourth-order valence-electron chi connectivity index (χ4n) is 2.31. The monoisotopic (exact) mass is 305 g/mol. The quantitative estimate of drug-likeness (QED) is 0.799. The number of pyridine rings is 2. The Morgan fingerprint density at radius 1 is 0.913 bits per heavy atom. The molecule has 0 bridgehead atoms. The average molecular weight is 305 g/mol. The largest absolute Gasteiger partial charge is 0.366 e. The van der Waals surface area contributed by atoms with E-state index in [1.54, 1.807) is 12.4 Å². The Morgan fingerprint density at radius 2 is 1.65 bits per heavy atom. The molecular formula is C18H19N5. The first kappa shape index (κ1) is 15.1. The Labute approximate surface area is 135 Å². The van der Waals surface area contributed by atoms with Gasteiger partial charge >= 0.3 is 0 Å². The minimum atomic E-state index is 0.710. The maximum absolute atomic E-state index is 4.68. The fourth-order valence-corrected chi connectivity index (χ4v) is 2.31. The molecule has 3 rings (SSSR count). The van der Waals surface area contributed by atoms with Crippen molar-refractivity contribution in [3.8, 4) is 11.4 Å². The predicted octanol–water partition coefficient (Wildman–Crippen LogP) is 3.47. The Morgan fingerprint density at radius 3 is 2.39 bits per heavy atom. The molecule has 3 aromatic rings. The SMILES string of the molecule is Cc1cnccc1CNc1nc(-c2ccncc2)nc(C)c1C. The van der Waals surface area contributed by atoms with Gasteiger partial charge in [-0.3, -0.25) is 9.97 Å². The van der Waals surface area contributed by atoms with Crippen LogP contribution in [-0.4, -0.2) is 19.9 Å². The highest BCUT2D eigenvalue weighted by Gasteiger charge is 2.10. The maximum atomic E-state index is 4.68. The highest BCUT2D eigenvalue weighted by atomic mass is 15.0. The van der Waals surface area contributed by atoms with Gasteiger partial charge in [-0.2, -0.15) is 0 Å². The van der Waals surface area contributed by atoms with Crippen LogP contribution >= 0.6 is 0 Å². The minimum Gasteiger partial charge on any atom is -0.366 e. The third-order valence-electron chi connectivity index (χ3n) is 3.91. The molecule has 5 heteroatoms. The van der Waals surface area contributed by atoms with Gasteiger partial charge in [-0.05, 0) is 50.1 Å². The molecular weight excluding hydrogens is 286 g/mol. The lowest BCUT2D eigenvalue weighted by Crippen LogP contribution is -2.08. The highest BCUT2D eigenvalue weighted by Crippen LogP contribution is 2.21. The summed E-state index contributed by atoms with van der Waals surface area (Å²) in [7, 11) is 0. The highest BCUT2D eigenvalue weighted by molar-refractivity contribution is 5.59. The van der Waals surface area contributed by atoms with Crippen LogP contribution in [0.4, 0.5) is 5.82 Å². The second kappa shape index (κ2) is 6.52. The Bertz CT molecular complexity index is 815. The van der Waals surface area contributed by atoms with Crippen LogP contribution in [0.2, 0.25) is 0 Å². The molecule has 0 radical (unpaired) electrons. The molecule has 0 spiro atoms. The number of anilines is 1. The lowest BCUT2D eigenvalue weighted by atomic mass is 10.1. The van der Waals surface area contributed by atoms with Gasteiger partial charge in [-0.15, -0.1) is 0 Å². The number of hydrogen-bond acceptors (Lipinski definition) is 5. The zero-order valence-corrected chi connectivity index (χ0v) is 13.5. The van der Waals surface area contributed by atoms with Crippen LogP contribution < -0.4 is 5.32 Å². The molecule has 1 N–H and O–H groups in total. The summed E-state index contributed by atoms with van der Waals surface area (Å²) < 4.78 is 0. The van der Waals surface area contributed by atoms with Crippen molar-refractivity contribution in [3.63, 3.8) is 0 Å². The molecule has 3 heterocycles. The van der Waals surface area contributed by atoms with Gasteiger partial charge in [0.1, 0.15) is 5.82 Å². The van der Waals surface area contributed by atoms with Crippen LogP contribution in [0, 0.1) is 20.8 Å². The Kier molecular flexibility index (Phi) is 4.28. The molecule has 0 amide bonds. The van der Waals surface area contributed by atoms with Crippen LogP contribution in [0.1, 0.15) is 22.4 Å². The second-order valence-corrected chi connectivity index (χ2v) is 5.50. The molecule has 5 nitrogen and oxygen atoms in total. The topological polar surface area (TPSA) is 63.6 Å². The number of aromatic nitrogens is 4. The van der Waals surface area contributed by atoms with Crippen molar-refractivity contribution >= 4 is 5.82 Å². The molecule has 0 aromatic carbocycles. The molecule has 0 saturated heterocycles. The molecule has 0 aliphatic rings. The van der Waals surface area contributed by atoms with E-state index in [0.29, 0.717) is 12.4 Å². The summed E-state index contributed by atoms with van der Waals surface area (Å²) in [5, 5.41) is 3.43. The maximum Gasteiger partial charge on any atom is 0.161 e. The van der Waals surface area contributed by atoms with Gasteiger partial charge in [0.05, 0.1) is 0 Å². The number of aryl methyl sites for hydroxylation is 2. The first-order valence-electron chi connectivity index (χ1n) is 7.54. The van der Waals surface area contributed by atoms with Crippen molar-refractivity contribution in [2.75, 3.05) is 5.32 Å². The summed E-state index contributed by atoms with van der Waals surface area (Å²) in [6.07, 6.45) is 7.19. The molecule has 0 atom stereocenters. The Hall–Kier alpha value is -2.82. The van der Waals surface area contributed by atoms with Crippen LogP contribution in [0.25, 0.3) is 11.4 Å². The van der Waals surface area contributed by atoms with Gasteiger partial charge in [0, 0.05) is 48.2 Å². The smallest absolute Gasteiger partial charge is 0.161 e. The van der Waals surface area contributed by atoms with Crippen molar-refractivity contribution in [2.24, 2.45) is 0 Å². The number of rotatable bonds is 4. The van der Waals surface area contributed by atoms with E-state index in [-0.39, 0.29) is 0 Å². The van der Waals surface area contributed by atoms with E-state index < -0.39 is 0 Å². The van der Waals surface area contributed by atoms with Crippen LogP contribution in [-0.2, 0) is 6.54 Å². The average Bonchev–Trinajstić information content (AvgIpc) is 2.58. The van der Waals surface area contributed by atoms with Gasteiger partial charge in [0.15, 0.2) is 5.82 Å². The molecule has 23 heavy (non-hydrogen) atoms. The molecule has 0 saturated carbocycles. The summed E-state index contributed by atoms with van der Waals surface area (Å²) in [5.41, 5.74) is 5.38. The molecule has 0 aliphatic carbocycles. The Balaban J connectivity index is 1.90. The van der Waals surface area contributed by atoms with E-state index in [1.807, 2.05) is 44.4 Å². The van der Waals surface area contributed by atoms with E-state index in [1.165, 1.54) is 5.56 Å². The molecule has 0 unspecified atom stereocenters. The lowest BCUT2D eigenvalue weighted by molar-refractivity contribution is 1.02. The van der Waals surface area contributed by atoms with Crippen LogP contribution in [0.3, 0.4) is 0 Å². The number of nitrogens with one attached hydrogen (secondary N) is 1. The minimum absolute atomic E-state index is 0.710. The summed E-state index contributed by atoms with van der Waals surface area (Å²) in [5.74, 6) is 1.57. The van der Waals surface area contributed by atoms with E-state index in [2.05, 4.69) is 32.2 Å². The third kappa shape index (κ3) is 3.34. The number of nitrogens with zero attached hydrogens (tertiary/aromatic N) is 4. The predicted molar refractivity (Wildman–Crippen MR) is 91.0 cm³/mol. The summed E-state index contributed by atoms with van der Waals surface area (Å²) in [6, 6.07) is 5.86. The first-order valence-corrected chi connectivity index (χ1v) is 7.54. The van der Waals surface area contributed by atoms with Gasteiger partial charge in [-0.1, -0.05) is 0 Å². The molecule has 3 aromatic heterocycles. The third-order valence-corrected chi connectivity index (χ3v) is 3.91. The van der Waals surface area contributed by atoms with Crippen LogP contribution in [0.15, 0.2) is 43.0 Å². The molecule has 0 fully saturated rings. The zero-order chi connectivity index (χ0) is 16.2. The van der Waals surface area contributed by atoms with Crippen molar-refractivity contribution in [2.45, 2.75) is 27.3 Å². The standard InChI is InChI=1S/C18H19N5/c1-12-10-20-9-6-16(12)11-21-17-13(2)14(3)22-18(23-17)15-4-7-19-8-5-15/h4-10H,11H2,1-3H3,(H,21,22,23). The summed E-state index contributed by atoms with van der Waals surface area (Å²) in [6.45, 7) is 6.81. The summed E-state index contributed by atoms with van der Waals surface area (Å²) in [4.78, 5) is 17.4. The lowest BCUT2D eigenvalue weighted by Gasteiger charge is -2.13. The normalized spacial score (nSPS) is 10.6. The van der Waals surface area contributed by atoms with Gasteiger partial charge in [0.25, 0.3) is 0 Å². The molecule has 116 valence electrons. The first-order chi connectivity index (χ1) is 11.1. The van der Waals surface area contributed by atoms with Gasteiger partial charge in [0.2, 0.25) is 0 Å². The van der Waals surface area contributed by atoms with E-state index in [0.717, 1.165) is 28.2 Å². The van der Waals surface area contributed by atoms with Crippen molar-refractivity contribution in [1.29, 1.82) is 0 Å². The number of hydrogen-bond donors (Lipinski definition) is 1. The summed E-state index contributed by atoms with van der Waals surface area (Å²) >= 11 is 0. The van der Waals surface area contributed by atoms with Crippen molar-refractivity contribution in [3.05, 3.63) is 65.4 Å². The second-order valence-electron chi connectivity index (χ2n) is 5.50.